The number of hydrogen-bond donors (Lipinski definition) is 1. The van der Waals surface area contributed by atoms with E-state index in [2.05, 4.69) is 58.3 Å². The molecule has 9 nitrogen and oxygen atoms in total. The molecule has 0 bridgehead atoms. The Hall–Kier alpha value is -2.56. The molecule has 2 saturated heterocycles. The molecule has 1 aromatic carbocycles. The van der Waals surface area contributed by atoms with Gasteiger partial charge in [0.05, 0.1) is 5.75 Å². The Morgan fingerprint density at radius 1 is 1.05 bits per heavy atom. The molecule has 39 heavy (non-hydrogen) atoms. The number of carbonyl (C=O) groups is 1. The number of sulfonamides is 1. The third-order valence-electron chi connectivity index (χ3n) is 8.48. The lowest BCUT2D eigenvalue weighted by molar-refractivity contribution is 0.0542. The third kappa shape index (κ3) is 6.96. The van der Waals surface area contributed by atoms with Crippen molar-refractivity contribution in [3.05, 3.63) is 53.0 Å². The van der Waals surface area contributed by atoms with Crippen molar-refractivity contribution in [1.29, 1.82) is 0 Å². The Kier molecular flexibility index (Phi) is 9.61. The van der Waals surface area contributed by atoms with Gasteiger partial charge in [-0.2, -0.15) is 0 Å². The fourth-order valence-electron chi connectivity index (χ4n) is 5.68. The van der Waals surface area contributed by atoms with E-state index in [1.165, 1.54) is 11.9 Å². The van der Waals surface area contributed by atoms with Gasteiger partial charge in [0.25, 0.3) is 5.91 Å². The predicted octanol–water partition coefficient (Wildman–Crippen LogP) is 3.87. The van der Waals surface area contributed by atoms with E-state index in [0.717, 1.165) is 49.9 Å². The van der Waals surface area contributed by atoms with E-state index in [1.54, 1.807) is 18.3 Å². The van der Waals surface area contributed by atoms with Crippen LogP contribution in [0.3, 0.4) is 0 Å². The Balaban J connectivity index is 1.29. The summed E-state index contributed by atoms with van der Waals surface area (Å²) in [5, 5.41) is 3.38. The molecule has 0 radical (unpaired) electrons. The molecular formula is C29H44N6O3S. The monoisotopic (exact) mass is 556 g/mol. The van der Waals surface area contributed by atoms with Gasteiger partial charge in [0.2, 0.25) is 10.0 Å². The highest BCUT2D eigenvalue weighted by Gasteiger charge is 2.33. The van der Waals surface area contributed by atoms with Crippen molar-refractivity contribution in [2.24, 2.45) is 0 Å². The SMILES string of the molecule is CCS(=O)(=O)N(C)C1CCN(C2CCN(C(=O)c3ncnc(NCc4ccc(C(C)C)cc4)c3C)CC2)CC1. The lowest BCUT2D eigenvalue weighted by atomic mass is 9.97. The Morgan fingerprint density at radius 3 is 2.28 bits per heavy atom. The Morgan fingerprint density at radius 2 is 1.69 bits per heavy atom. The van der Waals surface area contributed by atoms with Crippen molar-refractivity contribution in [2.75, 3.05) is 44.3 Å². The van der Waals surface area contributed by atoms with Gasteiger partial charge in [0, 0.05) is 44.3 Å². The number of piperidine rings is 2. The summed E-state index contributed by atoms with van der Waals surface area (Å²) in [6.07, 6.45) is 5.01. The fraction of sp³-hybridized carbons (Fsp3) is 0.621. The molecule has 2 aliphatic heterocycles. The number of carbonyl (C=O) groups excluding carboxylic acids is 1. The molecule has 0 aliphatic carbocycles. The van der Waals surface area contributed by atoms with E-state index < -0.39 is 10.0 Å². The van der Waals surface area contributed by atoms with Crippen molar-refractivity contribution >= 4 is 21.7 Å². The first-order valence-electron chi connectivity index (χ1n) is 14.2. The third-order valence-corrected chi connectivity index (χ3v) is 10.4. The number of anilines is 1. The molecule has 1 aromatic heterocycles. The molecule has 1 N–H and O–H groups in total. The zero-order chi connectivity index (χ0) is 28.2. The van der Waals surface area contributed by atoms with E-state index in [0.29, 0.717) is 43.1 Å². The minimum atomic E-state index is -3.16. The molecule has 0 unspecified atom stereocenters. The highest BCUT2D eigenvalue weighted by atomic mass is 32.2. The molecule has 0 spiro atoms. The molecule has 4 rings (SSSR count). The van der Waals surface area contributed by atoms with Crippen LogP contribution in [-0.2, 0) is 16.6 Å². The molecular weight excluding hydrogens is 512 g/mol. The molecule has 10 heteroatoms. The average Bonchev–Trinajstić information content (AvgIpc) is 2.96. The van der Waals surface area contributed by atoms with Crippen LogP contribution in [0.4, 0.5) is 5.82 Å². The zero-order valence-electron chi connectivity index (χ0n) is 24.1. The maximum Gasteiger partial charge on any atom is 0.272 e. The maximum absolute atomic E-state index is 13.4. The van der Waals surface area contributed by atoms with E-state index in [4.69, 9.17) is 0 Å². The molecule has 2 aromatic rings. The number of nitrogens with one attached hydrogen (secondary N) is 1. The quantitative estimate of drug-likeness (QED) is 0.501. The van der Waals surface area contributed by atoms with Crippen LogP contribution in [0.5, 0.6) is 0 Å². The second-order valence-corrected chi connectivity index (χ2v) is 13.5. The summed E-state index contributed by atoms with van der Waals surface area (Å²) in [6.45, 7) is 11.8. The molecule has 1 amide bonds. The number of aromatic nitrogens is 2. The van der Waals surface area contributed by atoms with Gasteiger partial charge in [-0.1, -0.05) is 38.1 Å². The van der Waals surface area contributed by atoms with Gasteiger partial charge in [-0.3, -0.25) is 4.79 Å². The number of benzene rings is 1. The first-order valence-corrected chi connectivity index (χ1v) is 15.8. The van der Waals surface area contributed by atoms with Gasteiger partial charge in [-0.25, -0.2) is 22.7 Å². The van der Waals surface area contributed by atoms with Crippen LogP contribution in [0.25, 0.3) is 0 Å². The fourth-order valence-corrected chi connectivity index (χ4v) is 6.75. The van der Waals surface area contributed by atoms with Gasteiger partial charge in [-0.15, -0.1) is 0 Å². The van der Waals surface area contributed by atoms with Gasteiger partial charge in [0.15, 0.2) is 0 Å². The van der Waals surface area contributed by atoms with Crippen LogP contribution >= 0.6 is 0 Å². The van der Waals surface area contributed by atoms with Crippen molar-refractivity contribution in [2.45, 2.75) is 77.9 Å². The first-order chi connectivity index (χ1) is 18.6. The second-order valence-electron chi connectivity index (χ2n) is 11.2. The number of likely N-dealkylation sites (tertiary alicyclic amines) is 2. The summed E-state index contributed by atoms with van der Waals surface area (Å²) in [5.41, 5.74) is 3.71. The molecule has 0 saturated carbocycles. The van der Waals surface area contributed by atoms with Crippen molar-refractivity contribution in [3.63, 3.8) is 0 Å². The molecule has 0 atom stereocenters. The van der Waals surface area contributed by atoms with Gasteiger partial charge in [-0.05, 0) is 69.7 Å². The van der Waals surface area contributed by atoms with Gasteiger partial charge < -0.3 is 15.1 Å². The van der Waals surface area contributed by atoms with Gasteiger partial charge >= 0.3 is 0 Å². The first kappa shape index (κ1) is 29.4. The number of rotatable bonds is 9. The largest absolute Gasteiger partial charge is 0.366 e. The zero-order valence-corrected chi connectivity index (χ0v) is 24.9. The van der Waals surface area contributed by atoms with E-state index >= 15 is 0 Å². The summed E-state index contributed by atoms with van der Waals surface area (Å²) in [7, 11) is -1.45. The minimum absolute atomic E-state index is 0.0391. The summed E-state index contributed by atoms with van der Waals surface area (Å²) in [5.74, 6) is 1.30. The van der Waals surface area contributed by atoms with Crippen LogP contribution in [0.2, 0.25) is 0 Å². The summed E-state index contributed by atoms with van der Waals surface area (Å²) in [4.78, 5) is 26.6. The van der Waals surface area contributed by atoms with E-state index in [-0.39, 0.29) is 17.7 Å². The van der Waals surface area contributed by atoms with Crippen LogP contribution in [0.1, 0.15) is 79.6 Å². The molecule has 3 heterocycles. The van der Waals surface area contributed by atoms with Crippen LogP contribution in [0, 0.1) is 6.92 Å². The van der Waals surface area contributed by atoms with E-state index in [1.807, 2.05) is 11.8 Å². The molecule has 2 aliphatic rings. The highest BCUT2D eigenvalue weighted by Crippen LogP contribution is 2.26. The maximum atomic E-state index is 13.4. The molecule has 214 valence electrons. The van der Waals surface area contributed by atoms with E-state index in [9.17, 15) is 13.2 Å². The van der Waals surface area contributed by atoms with Crippen LogP contribution in [0.15, 0.2) is 30.6 Å². The number of hydrogen-bond acceptors (Lipinski definition) is 7. The lowest BCUT2D eigenvalue weighted by Gasteiger charge is -2.43. The summed E-state index contributed by atoms with van der Waals surface area (Å²) >= 11 is 0. The van der Waals surface area contributed by atoms with Crippen molar-refractivity contribution in [1.82, 2.24) is 24.1 Å². The van der Waals surface area contributed by atoms with Gasteiger partial charge in [0.1, 0.15) is 17.8 Å². The second kappa shape index (κ2) is 12.7. The molecule has 2 fully saturated rings. The minimum Gasteiger partial charge on any atom is -0.366 e. The summed E-state index contributed by atoms with van der Waals surface area (Å²) < 4.78 is 26.0. The predicted molar refractivity (Wildman–Crippen MR) is 155 cm³/mol. The average molecular weight is 557 g/mol. The standard InChI is InChI=1S/C29H44N6O3S/c1-6-39(37,38)33(5)25-11-15-34(16-12-25)26-13-17-35(18-14-26)29(36)27-22(4)28(32-20-31-27)30-19-23-7-9-24(10-8-23)21(2)3/h7-10,20-21,25-26H,6,11-19H2,1-5H3,(H,30,31,32). The van der Waals surface area contributed by atoms with Crippen molar-refractivity contribution < 1.29 is 13.2 Å². The number of amides is 1. The topological polar surface area (TPSA) is 98.7 Å². The smallest absolute Gasteiger partial charge is 0.272 e. The van der Waals surface area contributed by atoms with Crippen LogP contribution in [-0.4, -0.2) is 89.5 Å². The Bertz CT molecular complexity index is 1220. The summed E-state index contributed by atoms with van der Waals surface area (Å²) in [6, 6.07) is 9.07. The Labute approximate surface area is 234 Å². The lowest BCUT2D eigenvalue weighted by Crippen LogP contribution is -2.52. The number of nitrogens with zero attached hydrogens (tertiary/aromatic N) is 5. The van der Waals surface area contributed by atoms with Crippen molar-refractivity contribution in [3.8, 4) is 0 Å². The normalized spacial score (nSPS) is 18.2. The highest BCUT2D eigenvalue weighted by molar-refractivity contribution is 7.89. The van der Waals surface area contributed by atoms with Crippen LogP contribution < -0.4 is 5.32 Å².